The topological polar surface area (TPSA) is 92.9 Å². The Labute approximate surface area is 192 Å². The molecule has 170 valence electrons. The number of ketones is 1. The molecule has 0 spiro atoms. The van der Waals surface area contributed by atoms with Crippen LogP contribution in [0, 0.1) is 0 Å². The molecule has 1 unspecified atom stereocenters. The number of carbonyl (C=O) groups is 2. The van der Waals surface area contributed by atoms with Crippen molar-refractivity contribution < 1.29 is 23.8 Å². The third-order valence-electron chi connectivity index (χ3n) is 5.69. The van der Waals surface area contributed by atoms with Crippen molar-refractivity contribution >= 4 is 17.4 Å². The first kappa shape index (κ1) is 22.3. The molecule has 7 nitrogen and oxygen atoms in total. The van der Waals surface area contributed by atoms with Gasteiger partial charge in [0, 0.05) is 17.3 Å². The molecule has 3 heterocycles. The lowest BCUT2D eigenvalue weighted by atomic mass is 9.84. The average Bonchev–Trinajstić information content (AvgIpc) is 3.41. The van der Waals surface area contributed by atoms with Crippen LogP contribution in [0.2, 0.25) is 0 Å². The van der Waals surface area contributed by atoms with Gasteiger partial charge >= 0.3 is 0 Å². The smallest absolute Gasteiger partial charge is 0.296 e. The van der Waals surface area contributed by atoms with Crippen molar-refractivity contribution in [3.63, 3.8) is 0 Å². The Balaban J connectivity index is 1.86. The number of amides is 1. The van der Waals surface area contributed by atoms with Gasteiger partial charge in [0.15, 0.2) is 0 Å². The van der Waals surface area contributed by atoms with Crippen molar-refractivity contribution in [1.82, 2.24) is 9.88 Å². The van der Waals surface area contributed by atoms with Crippen LogP contribution in [0.15, 0.2) is 71.0 Å². The van der Waals surface area contributed by atoms with E-state index in [1.54, 1.807) is 55.8 Å². The van der Waals surface area contributed by atoms with E-state index in [2.05, 4.69) is 4.98 Å². The van der Waals surface area contributed by atoms with E-state index in [0.29, 0.717) is 22.8 Å². The predicted octanol–water partition coefficient (Wildman–Crippen LogP) is 4.60. The zero-order valence-electron chi connectivity index (χ0n) is 19.0. The zero-order valence-corrected chi connectivity index (χ0v) is 19.0. The second-order valence-corrected chi connectivity index (χ2v) is 8.93. The van der Waals surface area contributed by atoms with Gasteiger partial charge in [0.2, 0.25) is 0 Å². The Morgan fingerprint density at radius 2 is 1.94 bits per heavy atom. The fourth-order valence-electron chi connectivity index (χ4n) is 4.05. The maximum Gasteiger partial charge on any atom is 0.296 e. The van der Waals surface area contributed by atoms with E-state index in [0.717, 1.165) is 5.56 Å². The molecule has 33 heavy (non-hydrogen) atoms. The van der Waals surface area contributed by atoms with Crippen LogP contribution < -0.4 is 4.74 Å². The molecular weight excluding hydrogens is 420 g/mol. The van der Waals surface area contributed by atoms with Gasteiger partial charge < -0.3 is 19.2 Å². The number of aliphatic hydroxyl groups is 1. The number of nitrogens with zero attached hydrogens (tertiary/aromatic N) is 2. The van der Waals surface area contributed by atoms with Crippen molar-refractivity contribution in [3.05, 3.63) is 89.1 Å². The first-order valence-corrected chi connectivity index (χ1v) is 10.6. The number of Topliss-reactive ketones (excluding diaryl/α,β-unsaturated/α-hetero) is 1. The number of methoxy groups -OCH3 is 1. The largest absolute Gasteiger partial charge is 0.507 e. The second kappa shape index (κ2) is 8.58. The number of aromatic nitrogens is 1. The number of ether oxygens (including phenoxy) is 1. The minimum Gasteiger partial charge on any atom is -0.507 e. The van der Waals surface area contributed by atoms with Gasteiger partial charge in [-0.3, -0.25) is 14.6 Å². The molecule has 2 aromatic heterocycles. The summed E-state index contributed by atoms with van der Waals surface area (Å²) in [6.45, 7) is 6.19. The average molecular weight is 447 g/mol. The molecule has 1 aliphatic rings. The van der Waals surface area contributed by atoms with Crippen LogP contribution >= 0.6 is 0 Å². The SMILES string of the molecule is COc1ccc(/C(O)=C2/C(=O)C(=O)N(Cc3ccccn3)C2c2ccco2)cc1C(C)(C)C. The molecule has 1 saturated heterocycles. The van der Waals surface area contributed by atoms with Gasteiger partial charge in [-0.25, -0.2) is 0 Å². The molecule has 4 rings (SSSR count). The van der Waals surface area contributed by atoms with Crippen molar-refractivity contribution in [2.75, 3.05) is 7.11 Å². The standard InChI is InChI=1S/C26H26N2O5/c1-26(2,3)18-14-16(10-11-19(18)32-4)23(29)21-22(20-9-7-13-33-20)28(25(31)24(21)30)15-17-8-5-6-12-27-17/h5-14,22,29H,15H2,1-4H3/b23-21-. The van der Waals surface area contributed by atoms with E-state index in [4.69, 9.17) is 9.15 Å². The number of pyridine rings is 1. The van der Waals surface area contributed by atoms with E-state index < -0.39 is 17.7 Å². The van der Waals surface area contributed by atoms with Crippen LogP contribution in [0.25, 0.3) is 5.76 Å². The third-order valence-corrected chi connectivity index (χ3v) is 5.69. The Bertz CT molecular complexity index is 1210. The van der Waals surface area contributed by atoms with Crippen molar-refractivity contribution in [2.24, 2.45) is 0 Å². The third kappa shape index (κ3) is 4.14. The molecule has 1 amide bonds. The van der Waals surface area contributed by atoms with Gasteiger partial charge in [-0.2, -0.15) is 0 Å². The minimum absolute atomic E-state index is 0.0177. The summed E-state index contributed by atoms with van der Waals surface area (Å²) in [5.74, 6) is -0.675. The molecule has 0 radical (unpaired) electrons. The van der Waals surface area contributed by atoms with Crippen molar-refractivity contribution in [3.8, 4) is 5.75 Å². The summed E-state index contributed by atoms with van der Waals surface area (Å²) in [5.41, 5.74) is 1.62. The quantitative estimate of drug-likeness (QED) is 0.350. The minimum atomic E-state index is -0.873. The lowest BCUT2D eigenvalue weighted by Crippen LogP contribution is -2.29. The van der Waals surface area contributed by atoms with Crippen LogP contribution in [0.4, 0.5) is 0 Å². The molecule has 1 N–H and O–H groups in total. The molecule has 1 aromatic carbocycles. The summed E-state index contributed by atoms with van der Waals surface area (Å²) in [5, 5.41) is 11.3. The fourth-order valence-corrected chi connectivity index (χ4v) is 4.05. The summed E-state index contributed by atoms with van der Waals surface area (Å²) < 4.78 is 11.1. The number of benzene rings is 1. The van der Waals surface area contributed by atoms with Gasteiger partial charge in [0.05, 0.1) is 31.2 Å². The summed E-state index contributed by atoms with van der Waals surface area (Å²) >= 11 is 0. The number of carbonyl (C=O) groups excluding carboxylic acids is 2. The first-order chi connectivity index (χ1) is 15.7. The molecule has 7 heteroatoms. The molecule has 1 aliphatic heterocycles. The Kier molecular flexibility index (Phi) is 5.80. The van der Waals surface area contributed by atoms with Crippen molar-refractivity contribution in [1.29, 1.82) is 0 Å². The lowest BCUT2D eigenvalue weighted by Gasteiger charge is -2.24. The highest BCUT2D eigenvalue weighted by Gasteiger charge is 2.47. The number of aliphatic hydroxyl groups excluding tert-OH is 1. The molecule has 3 aromatic rings. The normalized spacial score (nSPS) is 18.1. The summed E-state index contributed by atoms with van der Waals surface area (Å²) in [6.07, 6.45) is 3.10. The Hall–Kier alpha value is -3.87. The molecule has 0 aliphatic carbocycles. The summed E-state index contributed by atoms with van der Waals surface area (Å²) in [6, 6.07) is 13.1. The van der Waals surface area contributed by atoms with Gasteiger partial charge in [-0.15, -0.1) is 0 Å². The van der Waals surface area contributed by atoms with Crippen LogP contribution in [0.3, 0.4) is 0 Å². The van der Waals surface area contributed by atoms with Crippen LogP contribution in [0.1, 0.15) is 49.4 Å². The zero-order chi connectivity index (χ0) is 23.8. The number of furan rings is 1. The van der Waals surface area contributed by atoms with E-state index in [9.17, 15) is 14.7 Å². The molecule has 1 fully saturated rings. The van der Waals surface area contributed by atoms with Gasteiger partial charge in [0.25, 0.3) is 11.7 Å². The highest BCUT2D eigenvalue weighted by Crippen LogP contribution is 2.41. The second-order valence-electron chi connectivity index (χ2n) is 8.93. The van der Waals surface area contributed by atoms with Crippen LogP contribution in [-0.2, 0) is 21.5 Å². The summed E-state index contributed by atoms with van der Waals surface area (Å²) in [4.78, 5) is 31.8. The Morgan fingerprint density at radius 1 is 1.15 bits per heavy atom. The molecule has 0 saturated carbocycles. The van der Waals surface area contributed by atoms with Crippen molar-refractivity contribution in [2.45, 2.75) is 38.8 Å². The number of hydrogen-bond acceptors (Lipinski definition) is 6. The highest BCUT2D eigenvalue weighted by atomic mass is 16.5. The first-order valence-electron chi connectivity index (χ1n) is 10.6. The number of likely N-dealkylation sites (tertiary alicyclic amines) is 1. The van der Waals surface area contributed by atoms with E-state index in [-0.39, 0.29) is 23.3 Å². The molecule has 1 atom stereocenters. The Morgan fingerprint density at radius 3 is 2.55 bits per heavy atom. The number of rotatable bonds is 5. The van der Waals surface area contributed by atoms with Gasteiger partial charge in [0.1, 0.15) is 23.3 Å². The highest BCUT2D eigenvalue weighted by molar-refractivity contribution is 6.46. The maximum absolute atomic E-state index is 13.1. The monoisotopic (exact) mass is 446 g/mol. The van der Waals surface area contributed by atoms with E-state index >= 15 is 0 Å². The van der Waals surface area contributed by atoms with Crippen LogP contribution in [0.5, 0.6) is 5.75 Å². The predicted molar refractivity (Wildman–Crippen MR) is 122 cm³/mol. The van der Waals surface area contributed by atoms with E-state index in [1.807, 2.05) is 26.8 Å². The molecular formula is C26H26N2O5. The van der Waals surface area contributed by atoms with E-state index in [1.165, 1.54) is 11.2 Å². The van der Waals surface area contributed by atoms with Gasteiger partial charge in [-0.05, 0) is 47.9 Å². The summed E-state index contributed by atoms with van der Waals surface area (Å²) in [7, 11) is 1.59. The van der Waals surface area contributed by atoms with Gasteiger partial charge in [-0.1, -0.05) is 26.8 Å². The molecule has 0 bridgehead atoms. The fraction of sp³-hybridized carbons (Fsp3) is 0.269. The van der Waals surface area contributed by atoms with Crippen LogP contribution in [-0.4, -0.2) is 33.8 Å². The maximum atomic E-state index is 13.1. The number of hydrogen-bond donors (Lipinski definition) is 1. The lowest BCUT2D eigenvalue weighted by molar-refractivity contribution is -0.140.